The van der Waals surface area contributed by atoms with Gasteiger partial charge in [0.05, 0.1) is 18.1 Å². The molecule has 0 saturated heterocycles. The first kappa shape index (κ1) is 21.6. The number of carboxylic acids is 1. The third kappa shape index (κ3) is 7.23. The average molecular weight is 365 g/mol. The molecule has 0 aliphatic carbocycles. The molecule has 1 amide bonds. The number of rotatable bonds is 11. The molecule has 0 fully saturated rings. The molecule has 7 nitrogen and oxygen atoms in total. The van der Waals surface area contributed by atoms with E-state index in [-0.39, 0.29) is 13.0 Å². The molecule has 1 rings (SSSR count). The summed E-state index contributed by atoms with van der Waals surface area (Å²) >= 11 is 0. The molecule has 3 atom stereocenters. The van der Waals surface area contributed by atoms with E-state index in [9.17, 15) is 19.5 Å². The molecule has 3 unspecified atom stereocenters. The maximum absolute atomic E-state index is 11.9. The Bertz CT molecular complexity index is 589. The molecule has 26 heavy (non-hydrogen) atoms. The fourth-order valence-electron chi connectivity index (χ4n) is 2.61. The number of amides is 1. The molecule has 144 valence electrons. The predicted molar refractivity (Wildman–Crippen MR) is 95.5 cm³/mol. The molecule has 0 spiro atoms. The summed E-state index contributed by atoms with van der Waals surface area (Å²) in [4.78, 5) is 34.8. The zero-order valence-electron chi connectivity index (χ0n) is 15.2. The van der Waals surface area contributed by atoms with Crippen LogP contribution in [-0.4, -0.2) is 40.2 Å². The number of hydrogen-bond donors (Lipinski definition) is 3. The second-order valence-corrected chi connectivity index (χ2v) is 6.26. The molecule has 0 radical (unpaired) electrons. The van der Waals surface area contributed by atoms with Crippen LogP contribution in [0.5, 0.6) is 0 Å². The Labute approximate surface area is 153 Å². The number of aliphatic hydroxyl groups is 1. The second kappa shape index (κ2) is 11.3. The molecule has 1 aromatic rings. The van der Waals surface area contributed by atoms with Gasteiger partial charge in [0, 0.05) is 0 Å². The first-order valence-corrected chi connectivity index (χ1v) is 8.79. The molecular formula is C19H27NO6. The summed E-state index contributed by atoms with van der Waals surface area (Å²) in [5, 5.41) is 21.8. The molecule has 0 aliphatic rings. The molecular weight excluding hydrogens is 338 g/mol. The van der Waals surface area contributed by atoms with E-state index in [2.05, 4.69) is 5.32 Å². The Kier molecular flexibility index (Phi) is 9.36. The van der Waals surface area contributed by atoms with Gasteiger partial charge in [-0.15, -0.1) is 0 Å². The predicted octanol–water partition coefficient (Wildman–Crippen LogP) is 2.51. The van der Waals surface area contributed by atoms with Gasteiger partial charge in [-0.2, -0.15) is 0 Å². The largest absolute Gasteiger partial charge is 0.475 e. The minimum atomic E-state index is -1.58. The van der Waals surface area contributed by atoms with Crippen LogP contribution in [0.25, 0.3) is 0 Å². The van der Waals surface area contributed by atoms with Crippen LogP contribution in [0.2, 0.25) is 0 Å². The van der Waals surface area contributed by atoms with Crippen LogP contribution in [-0.2, 0) is 20.9 Å². The number of benzene rings is 1. The van der Waals surface area contributed by atoms with E-state index in [0.29, 0.717) is 6.42 Å². The van der Waals surface area contributed by atoms with Crippen molar-refractivity contribution in [2.45, 2.75) is 58.3 Å². The van der Waals surface area contributed by atoms with Crippen molar-refractivity contribution >= 4 is 17.8 Å². The SMILES string of the molecule is CCCCCC(C(=O)C(=O)O)C(O)C(C)NC(=O)OCc1ccccc1. The number of carboxylic acid groups (broad SMARTS) is 1. The first-order chi connectivity index (χ1) is 12.4. The van der Waals surface area contributed by atoms with E-state index in [1.807, 2.05) is 25.1 Å². The fraction of sp³-hybridized carbons (Fsp3) is 0.526. The summed E-state index contributed by atoms with van der Waals surface area (Å²) in [5.74, 6) is -3.69. The van der Waals surface area contributed by atoms with Gasteiger partial charge in [-0.3, -0.25) is 4.79 Å². The molecule has 0 heterocycles. The topological polar surface area (TPSA) is 113 Å². The Morgan fingerprint density at radius 1 is 1.15 bits per heavy atom. The summed E-state index contributed by atoms with van der Waals surface area (Å²) in [5.41, 5.74) is 0.814. The van der Waals surface area contributed by atoms with E-state index in [1.54, 1.807) is 12.1 Å². The van der Waals surface area contributed by atoms with E-state index in [1.165, 1.54) is 6.92 Å². The number of aliphatic hydroxyl groups excluding tert-OH is 1. The van der Waals surface area contributed by atoms with Crippen molar-refractivity contribution < 1.29 is 29.3 Å². The number of carbonyl (C=O) groups is 3. The molecule has 7 heteroatoms. The maximum atomic E-state index is 11.9. The summed E-state index contributed by atoms with van der Waals surface area (Å²) in [6.07, 6.45) is 0.573. The number of unbranched alkanes of at least 4 members (excludes halogenated alkanes) is 2. The van der Waals surface area contributed by atoms with Gasteiger partial charge in [-0.25, -0.2) is 9.59 Å². The van der Waals surface area contributed by atoms with Gasteiger partial charge in [-0.1, -0.05) is 56.5 Å². The van der Waals surface area contributed by atoms with Gasteiger partial charge in [-0.05, 0) is 18.9 Å². The van der Waals surface area contributed by atoms with E-state index < -0.39 is 35.9 Å². The van der Waals surface area contributed by atoms with Crippen LogP contribution in [0.4, 0.5) is 4.79 Å². The summed E-state index contributed by atoms with van der Waals surface area (Å²) < 4.78 is 5.07. The highest BCUT2D eigenvalue weighted by molar-refractivity contribution is 6.33. The van der Waals surface area contributed by atoms with Crippen LogP contribution < -0.4 is 5.32 Å². The summed E-state index contributed by atoms with van der Waals surface area (Å²) in [6, 6.07) is 8.28. The van der Waals surface area contributed by atoms with E-state index >= 15 is 0 Å². The van der Waals surface area contributed by atoms with Crippen molar-refractivity contribution in [3.63, 3.8) is 0 Å². The van der Waals surface area contributed by atoms with Gasteiger partial charge in [0.1, 0.15) is 6.61 Å². The molecule has 3 N–H and O–H groups in total. The second-order valence-electron chi connectivity index (χ2n) is 6.26. The minimum Gasteiger partial charge on any atom is -0.475 e. The third-order valence-electron chi connectivity index (χ3n) is 4.15. The Hall–Kier alpha value is -2.41. The third-order valence-corrected chi connectivity index (χ3v) is 4.15. The van der Waals surface area contributed by atoms with E-state index in [0.717, 1.165) is 18.4 Å². The molecule has 0 aromatic heterocycles. The molecule has 0 bridgehead atoms. The van der Waals surface area contributed by atoms with Crippen molar-refractivity contribution in [2.24, 2.45) is 5.92 Å². The molecule has 0 aliphatic heterocycles. The van der Waals surface area contributed by atoms with Gasteiger partial charge in [0.2, 0.25) is 5.78 Å². The van der Waals surface area contributed by atoms with Crippen LogP contribution in [0.1, 0.15) is 45.1 Å². The number of Topliss-reactive ketones (excluding diaryl/α,β-unsaturated/α-hetero) is 1. The lowest BCUT2D eigenvalue weighted by molar-refractivity contribution is -0.153. The lowest BCUT2D eigenvalue weighted by atomic mass is 9.88. The highest BCUT2D eigenvalue weighted by atomic mass is 16.5. The Balaban J connectivity index is 2.59. The standard InChI is InChI=1S/C19H27NO6/c1-3-4-6-11-15(17(22)18(23)24)16(21)13(2)20-19(25)26-12-14-9-7-5-8-10-14/h5,7-10,13,15-16,21H,3-4,6,11-12H2,1-2H3,(H,20,25)(H,23,24). The normalized spacial score (nSPS) is 14.1. The van der Waals surface area contributed by atoms with Crippen LogP contribution in [0.15, 0.2) is 30.3 Å². The maximum Gasteiger partial charge on any atom is 0.407 e. The number of nitrogens with one attached hydrogen (secondary N) is 1. The lowest BCUT2D eigenvalue weighted by Crippen LogP contribution is -2.47. The van der Waals surface area contributed by atoms with Gasteiger partial charge in [0.25, 0.3) is 0 Å². The summed E-state index contributed by atoms with van der Waals surface area (Å²) in [7, 11) is 0. The fourth-order valence-corrected chi connectivity index (χ4v) is 2.61. The van der Waals surface area contributed by atoms with Gasteiger partial charge >= 0.3 is 12.1 Å². The van der Waals surface area contributed by atoms with Crippen molar-refractivity contribution in [3.8, 4) is 0 Å². The van der Waals surface area contributed by atoms with Crippen LogP contribution in [0, 0.1) is 5.92 Å². The quantitative estimate of drug-likeness (QED) is 0.410. The number of alkyl carbamates (subject to hydrolysis) is 1. The highest BCUT2D eigenvalue weighted by Gasteiger charge is 2.34. The Morgan fingerprint density at radius 3 is 2.38 bits per heavy atom. The monoisotopic (exact) mass is 365 g/mol. The van der Waals surface area contributed by atoms with Crippen molar-refractivity contribution in [1.29, 1.82) is 0 Å². The Morgan fingerprint density at radius 2 is 1.81 bits per heavy atom. The van der Waals surface area contributed by atoms with Gasteiger partial charge in [0.15, 0.2) is 0 Å². The van der Waals surface area contributed by atoms with Crippen molar-refractivity contribution in [1.82, 2.24) is 5.32 Å². The van der Waals surface area contributed by atoms with Crippen LogP contribution >= 0.6 is 0 Å². The smallest absolute Gasteiger partial charge is 0.407 e. The highest BCUT2D eigenvalue weighted by Crippen LogP contribution is 2.18. The molecule has 0 saturated carbocycles. The summed E-state index contributed by atoms with van der Waals surface area (Å²) in [6.45, 7) is 3.57. The minimum absolute atomic E-state index is 0.0729. The number of ketones is 1. The van der Waals surface area contributed by atoms with Crippen LogP contribution in [0.3, 0.4) is 0 Å². The lowest BCUT2D eigenvalue weighted by Gasteiger charge is -2.26. The zero-order valence-corrected chi connectivity index (χ0v) is 15.2. The number of aliphatic carboxylic acids is 1. The number of hydrogen-bond acceptors (Lipinski definition) is 5. The number of ether oxygens (including phenoxy) is 1. The zero-order chi connectivity index (χ0) is 19.5. The first-order valence-electron chi connectivity index (χ1n) is 8.79. The molecule has 1 aromatic carbocycles. The van der Waals surface area contributed by atoms with Crippen molar-refractivity contribution in [2.75, 3.05) is 0 Å². The van der Waals surface area contributed by atoms with E-state index in [4.69, 9.17) is 9.84 Å². The average Bonchev–Trinajstić information content (AvgIpc) is 2.63. The number of carbonyl (C=O) groups excluding carboxylic acids is 2. The van der Waals surface area contributed by atoms with Crippen molar-refractivity contribution in [3.05, 3.63) is 35.9 Å². The van der Waals surface area contributed by atoms with Gasteiger partial charge < -0.3 is 20.3 Å².